The van der Waals surface area contributed by atoms with Crippen molar-refractivity contribution in [3.8, 4) is 11.3 Å². The van der Waals surface area contributed by atoms with E-state index in [0.29, 0.717) is 46.8 Å². The number of amides is 1. The average molecular weight is 369 g/mol. The lowest BCUT2D eigenvalue weighted by Gasteiger charge is -2.18. The van der Waals surface area contributed by atoms with Crippen LogP contribution in [0.5, 0.6) is 0 Å². The van der Waals surface area contributed by atoms with Crippen molar-refractivity contribution >= 4 is 22.8 Å². The van der Waals surface area contributed by atoms with E-state index in [2.05, 4.69) is 20.3 Å². The van der Waals surface area contributed by atoms with Gasteiger partial charge >= 0.3 is 0 Å². The van der Waals surface area contributed by atoms with E-state index in [4.69, 9.17) is 4.74 Å². The summed E-state index contributed by atoms with van der Waals surface area (Å²) in [5.74, 6) is -0.138. The molecule has 140 valence electrons. The Kier molecular flexibility index (Phi) is 5.56. The van der Waals surface area contributed by atoms with Crippen LogP contribution in [0.4, 0.5) is 10.3 Å². The van der Waals surface area contributed by atoms with E-state index in [1.54, 1.807) is 50.6 Å². The normalized spacial score (nSPS) is 10.8. The van der Waals surface area contributed by atoms with Crippen LogP contribution in [0.15, 0.2) is 36.7 Å². The molecule has 2 aromatic heterocycles. The molecule has 0 aliphatic heterocycles. The Morgan fingerprint density at radius 1 is 1.26 bits per heavy atom. The highest BCUT2D eigenvalue weighted by Gasteiger charge is 2.18. The summed E-state index contributed by atoms with van der Waals surface area (Å²) in [4.78, 5) is 27.3. The van der Waals surface area contributed by atoms with Gasteiger partial charge in [-0.1, -0.05) is 0 Å². The Labute approximate surface area is 156 Å². The van der Waals surface area contributed by atoms with Crippen molar-refractivity contribution < 1.29 is 13.9 Å². The van der Waals surface area contributed by atoms with Gasteiger partial charge in [0.15, 0.2) is 0 Å². The standard InChI is InChI=1S/C19H20FN5O2/c1-21-19-22-10-12(11-23-19)16-9-15(18(26)25(2)6-7-27-3)14-5-4-13(20)8-17(14)24-16/h4-5,8-11H,6-7H2,1-3H3,(H,21,22,23). The zero-order valence-electron chi connectivity index (χ0n) is 15.4. The van der Waals surface area contributed by atoms with Gasteiger partial charge in [-0.05, 0) is 18.2 Å². The van der Waals surface area contributed by atoms with Gasteiger partial charge in [0.05, 0.1) is 23.4 Å². The van der Waals surface area contributed by atoms with Gasteiger partial charge < -0.3 is 15.0 Å². The van der Waals surface area contributed by atoms with Gasteiger partial charge in [0.2, 0.25) is 5.95 Å². The minimum Gasteiger partial charge on any atom is -0.383 e. The van der Waals surface area contributed by atoms with E-state index in [0.717, 1.165) is 0 Å². The summed E-state index contributed by atoms with van der Waals surface area (Å²) >= 11 is 0. The molecule has 0 fully saturated rings. The molecule has 0 bridgehead atoms. The van der Waals surface area contributed by atoms with E-state index in [9.17, 15) is 9.18 Å². The number of hydrogen-bond donors (Lipinski definition) is 1. The van der Waals surface area contributed by atoms with Crippen molar-refractivity contribution in [1.29, 1.82) is 0 Å². The first-order chi connectivity index (χ1) is 13.0. The topological polar surface area (TPSA) is 80.2 Å². The Hall–Kier alpha value is -3.13. The highest BCUT2D eigenvalue weighted by atomic mass is 19.1. The van der Waals surface area contributed by atoms with Crippen LogP contribution in [0.25, 0.3) is 22.2 Å². The molecule has 7 nitrogen and oxygen atoms in total. The molecule has 0 aliphatic carbocycles. The van der Waals surface area contributed by atoms with Crippen LogP contribution in [0, 0.1) is 5.82 Å². The second-order valence-corrected chi connectivity index (χ2v) is 5.98. The number of anilines is 1. The lowest BCUT2D eigenvalue weighted by molar-refractivity contribution is 0.0746. The third kappa shape index (κ3) is 4.01. The predicted molar refractivity (Wildman–Crippen MR) is 101 cm³/mol. The van der Waals surface area contributed by atoms with E-state index < -0.39 is 5.82 Å². The molecular weight excluding hydrogens is 349 g/mol. The van der Waals surface area contributed by atoms with E-state index in [1.807, 2.05) is 0 Å². The molecule has 1 N–H and O–H groups in total. The van der Waals surface area contributed by atoms with Crippen LogP contribution in [-0.4, -0.2) is 60.1 Å². The fourth-order valence-electron chi connectivity index (χ4n) is 2.65. The Balaban J connectivity index is 2.11. The molecular formula is C19H20FN5O2. The maximum Gasteiger partial charge on any atom is 0.254 e. The second kappa shape index (κ2) is 8.05. The molecule has 27 heavy (non-hydrogen) atoms. The number of carbonyl (C=O) groups is 1. The Morgan fingerprint density at radius 2 is 2.00 bits per heavy atom. The molecule has 0 aliphatic rings. The number of hydrogen-bond acceptors (Lipinski definition) is 6. The van der Waals surface area contributed by atoms with Crippen LogP contribution in [0.1, 0.15) is 10.4 Å². The summed E-state index contributed by atoms with van der Waals surface area (Å²) in [5, 5.41) is 3.43. The van der Waals surface area contributed by atoms with Crippen molar-refractivity contribution in [2.75, 3.05) is 39.7 Å². The number of nitrogens with zero attached hydrogens (tertiary/aromatic N) is 4. The van der Waals surface area contributed by atoms with Gasteiger partial charge in [-0.15, -0.1) is 0 Å². The number of benzene rings is 1. The van der Waals surface area contributed by atoms with Crippen molar-refractivity contribution in [3.63, 3.8) is 0 Å². The predicted octanol–water partition coefficient (Wildman–Crippen LogP) is 2.59. The third-order valence-electron chi connectivity index (χ3n) is 4.15. The molecule has 0 spiro atoms. The summed E-state index contributed by atoms with van der Waals surface area (Å²) in [7, 11) is 5.00. The van der Waals surface area contributed by atoms with Crippen molar-refractivity contribution in [1.82, 2.24) is 19.9 Å². The van der Waals surface area contributed by atoms with Crippen molar-refractivity contribution in [3.05, 3.63) is 48.0 Å². The number of methoxy groups -OCH3 is 1. The smallest absolute Gasteiger partial charge is 0.254 e. The minimum atomic E-state index is -0.417. The van der Waals surface area contributed by atoms with Crippen molar-refractivity contribution in [2.24, 2.45) is 0 Å². The number of rotatable bonds is 6. The summed E-state index contributed by atoms with van der Waals surface area (Å²) in [6.07, 6.45) is 3.21. The van der Waals surface area contributed by atoms with Gasteiger partial charge in [-0.3, -0.25) is 4.79 Å². The van der Waals surface area contributed by atoms with Crippen LogP contribution in [0.3, 0.4) is 0 Å². The molecule has 2 heterocycles. The number of halogens is 1. The monoisotopic (exact) mass is 369 g/mol. The number of likely N-dealkylation sites (N-methyl/N-ethyl adjacent to an activating group) is 1. The maximum absolute atomic E-state index is 13.7. The zero-order chi connectivity index (χ0) is 19.4. The number of ether oxygens (including phenoxy) is 1. The van der Waals surface area contributed by atoms with Gasteiger partial charge in [0.1, 0.15) is 5.82 Å². The number of fused-ring (bicyclic) bond motifs is 1. The summed E-state index contributed by atoms with van der Waals surface area (Å²) in [6.45, 7) is 0.863. The quantitative estimate of drug-likeness (QED) is 0.719. The molecule has 0 unspecified atom stereocenters. The summed E-state index contributed by atoms with van der Waals surface area (Å²) in [6, 6.07) is 5.89. The molecule has 1 amide bonds. The first-order valence-corrected chi connectivity index (χ1v) is 8.38. The zero-order valence-corrected chi connectivity index (χ0v) is 15.4. The fourth-order valence-corrected chi connectivity index (χ4v) is 2.65. The summed E-state index contributed by atoms with van der Waals surface area (Å²) < 4.78 is 18.8. The maximum atomic E-state index is 13.7. The van der Waals surface area contributed by atoms with E-state index >= 15 is 0 Å². The Bertz CT molecular complexity index is 962. The minimum absolute atomic E-state index is 0.194. The number of carbonyl (C=O) groups excluding carboxylic acids is 1. The van der Waals surface area contributed by atoms with Crippen molar-refractivity contribution in [2.45, 2.75) is 0 Å². The van der Waals surface area contributed by atoms with Gasteiger partial charge in [-0.2, -0.15) is 0 Å². The molecule has 3 aromatic rings. The molecule has 0 atom stereocenters. The van der Waals surface area contributed by atoms with E-state index in [1.165, 1.54) is 12.1 Å². The number of aromatic nitrogens is 3. The molecule has 1 aromatic carbocycles. The molecule has 8 heteroatoms. The highest BCUT2D eigenvalue weighted by molar-refractivity contribution is 6.07. The second-order valence-electron chi connectivity index (χ2n) is 5.98. The number of nitrogens with one attached hydrogen (secondary N) is 1. The molecule has 0 saturated heterocycles. The van der Waals surface area contributed by atoms with Crippen LogP contribution in [0.2, 0.25) is 0 Å². The average Bonchev–Trinajstić information content (AvgIpc) is 2.70. The lowest BCUT2D eigenvalue weighted by atomic mass is 10.0. The third-order valence-corrected chi connectivity index (χ3v) is 4.15. The van der Waals surface area contributed by atoms with Crippen LogP contribution in [-0.2, 0) is 4.74 Å². The number of pyridine rings is 1. The lowest BCUT2D eigenvalue weighted by Crippen LogP contribution is -2.30. The van der Waals surface area contributed by atoms with Crippen LogP contribution < -0.4 is 5.32 Å². The first kappa shape index (κ1) is 18.7. The summed E-state index contributed by atoms with van der Waals surface area (Å²) in [5.41, 5.74) is 1.97. The van der Waals surface area contributed by atoms with Crippen LogP contribution >= 0.6 is 0 Å². The van der Waals surface area contributed by atoms with E-state index in [-0.39, 0.29) is 5.91 Å². The first-order valence-electron chi connectivity index (χ1n) is 8.38. The van der Waals surface area contributed by atoms with Gasteiger partial charge in [0.25, 0.3) is 5.91 Å². The highest BCUT2D eigenvalue weighted by Crippen LogP contribution is 2.26. The Morgan fingerprint density at radius 3 is 2.67 bits per heavy atom. The largest absolute Gasteiger partial charge is 0.383 e. The fraction of sp³-hybridized carbons (Fsp3) is 0.263. The molecule has 3 rings (SSSR count). The molecule has 0 saturated carbocycles. The molecule has 0 radical (unpaired) electrons. The van der Waals surface area contributed by atoms with Gasteiger partial charge in [0, 0.05) is 57.2 Å². The SMILES string of the molecule is CNc1ncc(-c2cc(C(=O)N(C)CCOC)c3ccc(F)cc3n2)cn1. The van der Waals surface area contributed by atoms with Gasteiger partial charge in [-0.25, -0.2) is 19.3 Å².